The number of benzene rings is 1. The summed E-state index contributed by atoms with van der Waals surface area (Å²) in [5.74, 6) is 0.454. The van der Waals surface area contributed by atoms with E-state index in [9.17, 15) is 4.79 Å². The molecule has 0 aliphatic rings. The second-order valence-electron chi connectivity index (χ2n) is 6.08. The predicted molar refractivity (Wildman–Crippen MR) is 104 cm³/mol. The van der Waals surface area contributed by atoms with E-state index in [1.165, 1.54) is 0 Å². The van der Waals surface area contributed by atoms with Gasteiger partial charge in [-0.3, -0.25) is 4.79 Å². The number of amides is 1. The molecule has 0 atom stereocenters. The van der Waals surface area contributed by atoms with Crippen LogP contribution in [0, 0.1) is 0 Å². The summed E-state index contributed by atoms with van der Waals surface area (Å²) in [5, 5.41) is 5.99. The van der Waals surface area contributed by atoms with Crippen molar-refractivity contribution in [3.63, 3.8) is 0 Å². The Bertz CT molecular complexity index is 509. The first-order valence-corrected chi connectivity index (χ1v) is 7.27. The molecule has 0 fully saturated rings. The first-order valence-electron chi connectivity index (χ1n) is 7.27. The number of nitrogens with zero attached hydrogens (tertiary/aromatic N) is 1. The molecule has 4 N–H and O–H groups in total. The van der Waals surface area contributed by atoms with Crippen LogP contribution in [0.15, 0.2) is 29.3 Å². The summed E-state index contributed by atoms with van der Waals surface area (Å²) >= 11 is 0. The van der Waals surface area contributed by atoms with Crippen LogP contribution in [0.1, 0.15) is 46.1 Å². The van der Waals surface area contributed by atoms with Crippen LogP contribution in [-0.4, -0.2) is 17.4 Å². The van der Waals surface area contributed by atoms with Crippen molar-refractivity contribution >= 4 is 41.5 Å². The third-order valence-electron chi connectivity index (χ3n) is 2.62. The minimum atomic E-state index is -0.108. The number of aliphatic imine (C=N–C) groups is 1. The normalized spacial score (nSPS) is 11.5. The van der Waals surface area contributed by atoms with Gasteiger partial charge >= 0.3 is 0 Å². The number of hydrogen-bond donors (Lipinski definition) is 3. The van der Waals surface area contributed by atoms with Crippen LogP contribution >= 0.6 is 24.0 Å². The van der Waals surface area contributed by atoms with Gasteiger partial charge in [-0.1, -0.05) is 19.1 Å². The Hall–Kier alpha value is -1.31. The molecular weight excluding hydrogens is 391 g/mol. The number of guanidine groups is 1. The second kappa shape index (κ2) is 9.66. The van der Waals surface area contributed by atoms with E-state index in [0.29, 0.717) is 18.9 Å². The Labute approximate surface area is 150 Å². The van der Waals surface area contributed by atoms with Gasteiger partial charge in [-0.2, -0.15) is 0 Å². The first kappa shape index (κ1) is 20.7. The molecule has 0 bridgehead atoms. The average Bonchev–Trinajstić information content (AvgIpc) is 2.35. The summed E-state index contributed by atoms with van der Waals surface area (Å²) in [7, 11) is 0. The number of hydrogen-bond acceptors (Lipinski definition) is 2. The monoisotopic (exact) mass is 418 g/mol. The third-order valence-corrected chi connectivity index (χ3v) is 2.62. The second-order valence-corrected chi connectivity index (χ2v) is 6.08. The molecule has 0 saturated heterocycles. The van der Waals surface area contributed by atoms with Crippen molar-refractivity contribution in [2.24, 2.45) is 10.7 Å². The van der Waals surface area contributed by atoms with Gasteiger partial charge in [0.1, 0.15) is 0 Å². The van der Waals surface area contributed by atoms with E-state index in [-0.39, 0.29) is 35.4 Å². The Morgan fingerprint density at radius 2 is 2.00 bits per heavy atom. The molecule has 6 heteroatoms. The lowest BCUT2D eigenvalue weighted by atomic mass is 10.1. The van der Waals surface area contributed by atoms with Crippen molar-refractivity contribution in [3.05, 3.63) is 29.8 Å². The van der Waals surface area contributed by atoms with Gasteiger partial charge in [0.2, 0.25) is 5.91 Å². The highest BCUT2D eigenvalue weighted by Crippen LogP contribution is 2.12. The molecule has 0 unspecified atom stereocenters. The van der Waals surface area contributed by atoms with Crippen LogP contribution in [0.25, 0.3) is 0 Å². The van der Waals surface area contributed by atoms with Crippen molar-refractivity contribution in [1.29, 1.82) is 0 Å². The van der Waals surface area contributed by atoms with E-state index < -0.39 is 0 Å². The van der Waals surface area contributed by atoms with Gasteiger partial charge in [0.15, 0.2) is 5.96 Å². The maximum atomic E-state index is 11.6. The zero-order valence-electron chi connectivity index (χ0n) is 13.8. The van der Waals surface area contributed by atoms with Crippen LogP contribution in [0.4, 0.5) is 5.69 Å². The average molecular weight is 418 g/mol. The van der Waals surface area contributed by atoms with Gasteiger partial charge in [0.25, 0.3) is 0 Å². The molecule has 0 aromatic heterocycles. The molecule has 0 spiro atoms. The van der Waals surface area contributed by atoms with E-state index in [4.69, 9.17) is 5.73 Å². The van der Waals surface area contributed by atoms with Gasteiger partial charge in [0, 0.05) is 17.6 Å². The molecule has 124 valence electrons. The fraction of sp³-hybridized carbons (Fsp3) is 0.500. The smallest absolute Gasteiger partial charge is 0.224 e. The maximum absolute atomic E-state index is 11.6. The van der Waals surface area contributed by atoms with Crippen LogP contribution in [0.5, 0.6) is 0 Å². The lowest BCUT2D eigenvalue weighted by molar-refractivity contribution is -0.116. The summed E-state index contributed by atoms with van der Waals surface area (Å²) < 4.78 is 0. The summed E-state index contributed by atoms with van der Waals surface area (Å²) in [6, 6.07) is 7.65. The molecule has 0 heterocycles. The fourth-order valence-corrected chi connectivity index (χ4v) is 1.80. The topological polar surface area (TPSA) is 79.5 Å². The summed E-state index contributed by atoms with van der Waals surface area (Å²) in [6.07, 6.45) is 1.37. The summed E-state index contributed by atoms with van der Waals surface area (Å²) in [4.78, 5) is 15.9. The molecule has 1 aromatic rings. The quantitative estimate of drug-likeness (QED) is 0.390. The lowest BCUT2D eigenvalue weighted by Crippen LogP contribution is -2.44. The van der Waals surface area contributed by atoms with Gasteiger partial charge in [-0.05, 0) is 44.9 Å². The highest BCUT2D eigenvalue weighted by molar-refractivity contribution is 14.0. The minimum absolute atomic E-state index is 0. The van der Waals surface area contributed by atoms with Gasteiger partial charge in [0.05, 0.1) is 6.54 Å². The molecule has 0 aliphatic carbocycles. The van der Waals surface area contributed by atoms with Crippen molar-refractivity contribution in [2.45, 2.75) is 52.6 Å². The Kier molecular flexibility index (Phi) is 9.08. The number of nitrogens with one attached hydrogen (secondary N) is 2. The number of nitrogens with two attached hydrogens (primary N) is 1. The van der Waals surface area contributed by atoms with Crippen molar-refractivity contribution in [2.75, 3.05) is 5.32 Å². The van der Waals surface area contributed by atoms with Gasteiger partial charge in [-0.25, -0.2) is 4.99 Å². The Morgan fingerprint density at radius 1 is 1.32 bits per heavy atom. The fourth-order valence-electron chi connectivity index (χ4n) is 1.80. The zero-order valence-corrected chi connectivity index (χ0v) is 16.1. The molecule has 0 aliphatic heterocycles. The molecule has 5 nitrogen and oxygen atoms in total. The van der Waals surface area contributed by atoms with Gasteiger partial charge in [-0.15, -0.1) is 24.0 Å². The molecular formula is C16H27IN4O. The standard InChI is InChI=1S/C16H26N4O.HI/c1-5-7-14(21)19-13-9-6-8-12(10-13)11-18-15(17)20-16(2,3)4;/h6,8-10H,5,7,11H2,1-4H3,(H,19,21)(H3,17,18,20);1H. The van der Waals surface area contributed by atoms with Crippen molar-refractivity contribution < 1.29 is 4.79 Å². The molecule has 1 rings (SSSR count). The number of halogens is 1. The van der Waals surface area contributed by atoms with E-state index in [2.05, 4.69) is 15.6 Å². The maximum Gasteiger partial charge on any atom is 0.224 e. The van der Waals surface area contributed by atoms with E-state index in [1.807, 2.05) is 52.0 Å². The lowest BCUT2D eigenvalue weighted by Gasteiger charge is -2.21. The third kappa shape index (κ3) is 8.86. The Balaban J connectivity index is 0.00000441. The Morgan fingerprint density at radius 3 is 2.59 bits per heavy atom. The van der Waals surface area contributed by atoms with Gasteiger partial charge < -0.3 is 16.4 Å². The zero-order chi connectivity index (χ0) is 15.9. The summed E-state index contributed by atoms with van der Waals surface area (Å²) in [5.41, 5.74) is 7.53. The summed E-state index contributed by atoms with van der Waals surface area (Å²) in [6.45, 7) is 8.54. The SMILES string of the molecule is CCCC(=O)Nc1cccc(CN=C(N)NC(C)(C)C)c1.I. The number of rotatable bonds is 5. The van der Waals surface area contributed by atoms with Crippen LogP contribution in [-0.2, 0) is 11.3 Å². The van der Waals surface area contributed by atoms with Crippen LogP contribution in [0.2, 0.25) is 0 Å². The largest absolute Gasteiger partial charge is 0.370 e. The molecule has 0 saturated carbocycles. The van der Waals surface area contributed by atoms with Crippen molar-refractivity contribution in [3.8, 4) is 0 Å². The minimum Gasteiger partial charge on any atom is -0.370 e. The molecule has 1 aromatic carbocycles. The molecule has 22 heavy (non-hydrogen) atoms. The number of carbonyl (C=O) groups excluding carboxylic acids is 1. The van der Waals surface area contributed by atoms with E-state index >= 15 is 0 Å². The molecule has 0 radical (unpaired) electrons. The van der Waals surface area contributed by atoms with E-state index in [1.54, 1.807) is 0 Å². The highest BCUT2D eigenvalue weighted by Gasteiger charge is 2.09. The van der Waals surface area contributed by atoms with Crippen molar-refractivity contribution in [1.82, 2.24) is 5.32 Å². The predicted octanol–water partition coefficient (Wildman–Crippen LogP) is 3.25. The number of carbonyl (C=O) groups is 1. The number of anilines is 1. The first-order chi connectivity index (χ1) is 9.80. The van der Waals surface area contributed by atoms with E-state index in [0.717, 1.165) is 17.7 Å². The van der Waals surface area contributed by atoms with Crippen LogP contribution in [0.3, 0.4) is 0 Å². The highest BCUT2D eigenvalue weighted by atomic mass is 127. The van der Waals surface area contributed by atoms with Crippen LogP contribution < -0.4 is 16.4 Å². The molecule has 1 amide bonds.